The normalized spacial score (nSPS) is 21.9. The molecule has 0 bridgehead atoms. The van der Waals surface area contributed by atoms with Crippen molar-refractivity contribution in [3.05, 3.63) is 35.6 Å². The summed E-state index contributed by atoms with van der Waals surface area (Å²) in [5.41, 5.74) is 0.155. The smallest absolute Gasteiger partial charge is 0.229 e. The van der Waals surface area contributed by atoms with Crippen molar-refractivity contribution in [3.63, 3.8) is 0 Å². The second-order valence-corrected chi connectivity index (χ2v) is 7.61. The van der Waals surface area contributed by atoms with E-state index in [1.807, 2.05) is 24.1 Å². The summed E-state index contributed by atoms with van der Waals surface area (Å²) in [5.74, 6) is -0.0296. The van der Waals surface area contributed by atoms with Crippen LogP contribution in [0.15, 0.2) is 24.3 Å². The van der Waals surface area contributed by atoms with Crippen molar-refractivity contribution in [2.45, 2.75) is 38.1 Å². The van der Waals surface area contributed by atoms with Gasteiger partial charge in [-0.15, -0.1) is 0 Å². The molecule has 1 aromatic carbocycles. The maximum absolute atomic E-state index is 14.3. The van der Waals surface area contributed by atoms with Gasteiger partial charge in [-0.3, -0.25) is 4.79 Å². The van der Waals surface area contributed by atoms with Gasteiger partial charge in [-0.2, -0.15) is 0 Å². The highest BCUT2D eigenvalue weighted by Gasteiger charge is 2.44. The van der Waals surface area contributed by atoms with Crippen LogP contribution in [0.5, 0.6) is 0 Å². The van der Waals surface area contributed by atoms with Gasteiger partial charge in [0.1, 0.15) is 5.82 Å². The maximum atomic E-state index is 14.3. The van der Waals surface area contributed by atoms with Crippen LogP contribution in [-0.4, -0.2) is 62.1 Å². The maximum Gasteiger partial charge on any atom is 0.229 e. The summed E-state index contributed by atoms with van der Waals surface area (Å²) < 4.78 is 19.7. The lowest BCUT2D eigenvalue weighted by atomic mass is 9.72. The monoisotopic (exact) mass is 348 g/mol. The molecule has 5 heteroatoms. The van der Waals surface area contributed by atoms with Crippen LogP contribution in [0.4, 0.5) is 4.39 Å². The van der Waals surface area contributed by atoms with Gasteiger partial charge in [-0.1, -0.05) is 18.2 Å². The summed E-state index contributed by atoms with van der Waals surface area (Å²) in [5, 5.41) is 0. The first kappa shape index (κ1) is 18.3. The largest absolute Gasteiger partial charge is 0.381 e. The Kier molecular flexibility index (Phi) is 5.74. The van der Waals surface area contributed by atoms with Crippen LogP contribution in [0, 0.1) is 11.2 Å². The van der Waals surface area contributed by atoms with Crippen molar-refractivity contribution in [2.24, 2.45) is 5.41 Å². The van der Waals surface area contributed by atoms with Crippen molar-refractivity contribution in [1.29, 1.82) is 0 Å². The molecule has 0 spiro atoms. The predicted molar refractivity (Wildman–Crippen MR) is 95.9 cm³/mol. The SMILES string of the molecule is CN1CCC(Cc2ccccc2F)(C(=O)N(C)C2CCOCC2)CC1. The van der Waals surface area contributed by atoms with E-state index >= 15 is 0 Å². The molecule has 0 atom stereocenters. The number of halogens is 1. The average molecular weight is 348 g/mol. The lowest BCUT2D eigenvalue weighted by molar-refractivity contribution is -0.147. The van der Waals surface area contributed by atoms with E-state index in [0.717, 1.165) is 38.8 Å². The first-order valence-electron chi connectivity index (χ1n) is 9.29. The van der Waals surface area contributed by atoms with E-state index in [0.29, 0.717) is 25.2 Å². The second kappa shape index (κ2) is 7.83. The zero-order chi connectivity index (χ0) is 17.9. The fourth-order valence-electron chi connectivity index (χ4n) is 4.13. The first-order valence-corrected chi connectivity index (χ1v) is 9.29. The number of nitrogens with zero attached hydrogens (tertiary/aromatic N) is 2. The van der Waals surface area contributed by atoms with Crippen molar-refractivity contribution in [2.75, 3.05) is 40.4 Å². The van der Waals surface area contributed by atoms with Gasteiger partial charge in [0.15, 0.2) is 0 Å². The Balaban J connectivity index is 1.83. The molecule has 2 heterocycles. The van der Waals surface area contributed by atoms with Gasteiger partial charge >= 0.3 is 0 Å². The van der Waals surface area contributed by atoms with Crippen molar-refractivity contribution >= 4 is 5.91 Å². The molecule has 0 aliphatic carbocycles. The van der Waals surface area contributed by atoms with E-state index in [-0.39, 0.29) is 17.8 Å². The summed E-state index contributed by atoms with van der Waals surface area (Å²) >= 11 is 0. The number of rotatable bonds is 4. The van der Waals surface area contributed by atoms with Crippen LogP contribution in [0.25, 0.3) is 0 Å². The van der Waals surface area contributed by atoms with E-state index in [2.05, 4.69) is 11.9 Å². The van der Waals surface area contributed by atoms with Gasteiger partial charge in [0.25, 0.3) is 0 Å². The summed E-state index contributed by atoms with van der Waals surface area (Å²) in [6.07, 6.45) is 3.82. The third kappa shape index (κ3) is 4.04. The standard InChI is InChI=1S/C20H29FN2O2/c1-22-11-9-20(10-12-22,15-16-5-3-4-6-18(16)21)19(24)23(2)17-7-13-25-14-8-17/h3-6,17H,7-15H2,1-2H3. The number of likely N-dealkylation sites (tertiary alicyclic amines) is 1. The summed E-state index contributed by atoms with van der Waals surface area (Å²) in [6, 6.07) is 7.10. The molecule has 25 heavy (non-hydrogen) atoms. The molecule has 0 saturated carbocycles. The fraction of sp³-hybridized carbons (Fsp3) is 0.650. The number of hydrogen-bond donors (Lipinski definition) is 0. The molecule has 138 valence electrons. The van der Waals surface area contributed by atoms with Gasteiger partial charge in [0, 0.05) is 26.3 Å². The van der Waals surface area contributed by atoms with Gasteiger partial charge in [0.05, 0.1) is 5.41 Å². The molecule has 1 aromatic rings. The average Bonchev–Trinajstić information content (AvgIpc) is 2.65. The van der Waals surface area contributed by atoms with Gasteiger partial charge < -0.3 is 14.5 Å². The quantitative estimate of drug-likeness (QED) is 0.839. The van der Waals surface area contributed by atoms with Crippen LogP contribution in [-0.2, 0) is 16.0 Å². The van der Waals surface area contributed by atoms with Crippen LogP contribution < -0.4 is 0 Å². The number of benzene rings is 1. The Morgan fingerprint density at radius 3 is 2.56 bits per heavy atom. The minimum atomic E-state index is -0.498. The molecule has 2 aliphatic rings. The van der Waals surface area contributed by atoms with E-state index in [1.54, 1.807) is 6.07 Å². The Morgan fingerprint density at radius 1 is 1.28 bits per heavy atom. The van der Waals surface area contributed by atoms with E-state index in [1.165, 1.54) is 6.07 Å². The highest BCUT2D eigenvalue weighted by molar-refractivity contribution is 5.83. The zero-order valence-corrected chi connectivity index (χ0v) is 15.3. The van der Waals surface area contributed by atoms with Crippen LogP contribution in [0.3, 0.4) is 0 Å². The molecule has 4 nitrogen and oxygen atoms in total. The third-order valence-electron chi connectivity index (χ3n) is 5.94. The molecule has 3 rings (SSSR count). The molecule has 2 aliphatic heterocycles. The second-order valence-electron chi connectivity index (χ2n) is 7.61. The molecule has 2 saturated heterocycles. The number of carbonyl (C=O) groups excluding carboxylic acids is 1. The third-order valence-corrected chi connectivity index (χ3v) is 5.94. The number of carbonyl (C=O) groups is 1. The minimum Gasteiger partial charge on any atom is -0.381 e. The highest BCUT2D eigenvalue weighted by Crippen LogP contribution is 2.38. The molecule has 0 unspecified atom stereocenters. The molecule has 0 aromatic heterocycles. The predicted octanol–water partition coefficient (Wildman–Crippen LogP) is 2.72. The zero-order valence-electron chi connectivity index (χ0n) is 15.3. The number of ether oxygens (including phenoxy) is 1. The van der Waals surface area contributed by atoms with Gasteiger partial charge in [0.2, 0.25) is 5.91 Å². The number of amides is 1. The van der Waals surface area contributed by atoms with Crippen LogP contribution in [0.2, 0.25) is 0 Å². The van der Waals surface area contributed by atoms with Crippen molar-refractivity contribution in [1.82, 2.24) is 9.80 Å². The minimum absolute atomic E-state index is 0.177. The van der Waals surface area contributed by atoms with Crippen LogP contribution >= 0.6 is 0 Å². The Hall–Kier alpha value is -1.46. The van der Waals surface area contributed by atoms with Gasteiger partial charge in [-0.25, -0.2) is 4.39 Å². The number of piperidine rings is 1. The highest BCUT2D eigenvalue weighted by atomic mass is 19.1. The summed E-state index contributed by atoms with van der Waals surface area (Å²) in [4.78, 5) is 17.7. The summed E-state index contributed by atoms with van der Waals surface area (Å²) in [6.45, 7) is 3.18. The van der Waals surface area contributed by atoms with Crippen LogP contribution in [0.1, 0.15) is 31.2 Å². The Morgan fingerprint density at radius 2 is 1.92 bits per heavy atom. The number of hydrogen-bond acceptors (Lipinski definition) is 3. The van der Waals surface area contributed by atoms with E-state index in [4.69, 9.17) is 4.74 Å². The fourth-order valence-corrected chi connectivity index (χ4v) is 4.13. The Bertz CT molecular complexity index is 593. The molecular weight excluding hydrogens is 319 g/mol. The first-order chi connectivity index (χ1) is 12.0. The Labute approximate surface area is 149 Å². The van der Waals surface area contributed by atoms with Crippen molar-refractivity contribution in [3.8, 4) is 0 Å². The molecule has 2 fully saturated rings. The van der Waals surface area contributed by atoms with E-state index < -0.39 is 5.41 Å². The molecule has 0 N–H and O–H groups in total. The molecule has 1 amide bonds. The summed E-state index contributed by atoms with van der Waals surface area (Å²) in [7, 11) is 4.00. The lowest BCUT2D eigenvalue weighted by Crippen LogP contribution is -2.53. The van der Waals surface area contributed by atoms with E-state index in [9.17, 15) is 9.18 Å². The molecule has 0 radical (unpaired) electrons. The topological polar surface area (TPSA) is 32.8 Å². The lowest BCUT2D eigenvalue weighted by Gasteiger charge is -2.44. The molecular formula is C20H29FN2O2. The van der Waals surface area contributed by atoms with Gasteiger partial charge in [-0.05, 0) is 63.9 Å². The van der Waals surface area contributed by atoms with Crippen molar-refractivity contribution < 1.29 is 13.9 Å².